The van der Waals surface area contributed by atoms with Gasteiger partial charge in [0, 0.05) is 7.11 Å². The lowest BCUT2D eigenvalue weighted by Crippen LogP contribution is -2.49. The molecule has 0 aliphatic rings. The van der Waals surface area contributed by atoms with Gasteiger partial charge in [0.05, 0.1) is 18.3 Å². The molecule has 0 unspecified atom stereocenters. The first-order chi connectivity index (χ1) is 9.32. The number of hydrogen-bond acceptors (Lipinski definition) is 3. The van der Waals surface area contributed by atoms with E-state index in [1.54, 1.807) is 14.2 Å². The van der Waals surface area contributed by atoms with E-state index in [0.29, 0.717) is 0 Å². The number of hydrogen-bond donors (Lipinski definition) is 0. The highest BCUT2D eigenvalue weighted by Gasteiger charge is 2.37. The molecule has 0 aliphatic heterocycles. The molecule has 0 aliphatic carbocycles. The van der Waals surface area contributed by atoms with Crippen LogP contribution in [0.2, 0.25) is 6.32 Å². The molecule has 0 radical (unpaired) electrons. The summed E-state index contributed by atoms with van der Waals surface area (Å²) >= 11 is 0. The maximum atomic E-state index is 6.00. The van der Waals surface area contributed by atoms with Crippen LogP contribution in [0.1, 0.15) is 33.3 Å². The molecule has 1 aromatic carbocycles. The molecular formula is C16H27BO3. The van der Waals surface area contributed by atoms with E-state index >= 15 is 0 Å². The van der Waals surface area contributed by atoms with Crippen LogP contribution in [0.15, 0.2) is 24.3 Å². The maximum absolute atomic E-state index is 6.00. The number of ether oxygens (including phenoxy) is 2. The first-order valence-corrected chi connectivity index (χ1v) is 7.14. The summed E-state index contributed by atoms with van der Waals surface area (Å²) in [5, 5.41) is 0. The Morgan fingerprint density at radius 3 is 2.05 bits per heavy atom. The predicted molar refractivity (Wildman–Crippen MR) is 84.9 cm³/mol. The van der Waals surface area contributed by atoms with E-state index in [0.717, 1.165) is 26.0 Å². The van der Waals surface area contributed by atoms with Crippen molar-refractivity contribution in [2.45, 2.75) is 51.6 Å². The van der Waals surface area contributed by atoms with Crippen LogP contribution in [0, 0.1) is 0 Å². The van der Waals surface area contributed by atoms with Gasteiger partial charge in [-0.25, -0.2) is 0 Å². The fourth-order valence-electron chi connectivity index (χ4n) is 1.82. The Balaban J connectivity index is 2.37. The van der Waals surface area contributed by atoms with E-state index in [2.05, 4.69) is 39.8 Å². The molecule has 0 heterocycles. The Hall–Kier alpha value is -0.995. The van der Waals surface area contributed by atoms with Crippen molar-refractivity contribution in [2.75, 3.05) is 14.2 Å². The molecule has 0 saturated carbocycles. The van der Waals surface area contributed by atoms with Gasteiger partial charge in [-0.05, 0) is 58.1 Å². The minimum atomic E-state index is -0.304. The normalized spacial score (nSPS) is 12.3. The zero-order chi connectivity index (χ0) is 15.2. The Kier molecular flexibility index (Phi) is 6.09. The quantitative estimate of drug-likeness (QED) is 0.539. The molecule has 0 fully saturated rings. The highest BCUT2D eigenvalue weighted by molar-refractivity contribution is 6.27. The lowest BCUT2D eigenvalue weighted by Gasteiger charge is -2.40. The monoisotopic (exact) mass is 278 g/mol. The van der Waals surface area contributed by atoms with Crippen LogP contribution in [0.3, 0.4) is 0 Å². The zero-order valence-electron chi connectivity index (χ0n) is 13.7. The van der Waals surface area contributed by atoms with E-state index in [4.69, 9.17) is 14.1 Å². The molecule has 4 heteroatoms. The Bertz CT molecular complexity index is 399. The summed E-state index contributed by atoms with van der Waals surface area (Å²) in [5.74, 6) is 0.896. The first kappa shape index (κ1) is 17.1. The summed E-state index contributed by atoms with van der Waals surface area (Å²) in [6.45, 7) is 8.25. The lowest BCUT2D eigenvalue weighted by molar-refractivity contribution is -0.115. The molecule has 20 heavy (non-hydrogen) atoms. The summed E-state index contributed by atoms with van der Waals surface area (Å²) < 4.78 is 16.7. The highest BCUT2D eigenvalue weighted by Crippen LogP contribution is 2.28. The fraction of sp³-hybridized carbons (Fsp3) is 0.625. The van der Waals surface area contributed by atoms with Crippen molar-refractivity contribution in [3.05, 3.63) is 29.8 Å². The highest BCUT2D eigenvalue weighted by atomic mass is 16.5. The molecule has 0 bridgehead atoms. The van der Waals surface area contributed by atoms with Crippen LogP contribution >= 0.6 is 0 Å². The molecular weight excluding hydrogens is 251 g/mol. The van der Waals surface area contributed by atoms with Crippen LogP contribution in [0.25, 0.3) is 0 Å². The molecule has 1 rings (SSSR count). The second-order valence-corrected chi connectivity index (χ2v) is 6.02. The second kappa shape index (κ2) is 7.14. The number of aryl methyl sites for hydroxylation is 1. The van der Waals surface area contributed by atoms with Gasteiger partial charge in [0.2, 0.25) is 0 Å². The van der Waals surface area contributed by atoms with Gasteiger partial charge in [-0.2, -0.15) is 0 Å². The summed E-state index contributed by atoms with van der Waals surface area (Å²) in [5.41, 5.74) is 0.701. The lowest BCUT2D eigenvalue weighted by atomic mass is 9.83. The molecule has 0 amide bonds. The Labute approximate surface area is 123 Å². The third-order valence-corrected chi connectivity index (χ3v) is 4.19. The number of rotatable bonds is 8. The van der Waals surface area contributed by atoms with Gasteiger partial charge >= 0.3 is 0 Å². The van der Waals surface area contributed by atoms with Gasteiger partial charge in [0.15, 0.2) is 0 Å². The van der Waals surface area contributed by atoms with Crippen LogP contribution in [-0.2, 0) is 15.8 Å². The van der Waals surface area contributed by atoms with Crippen molar-refractivity contribution in [3.8, 4) is 5.75 Å². The molecule has 1 aromatic rings. The molecule has 0 saturated heterocycles. The Morgan fingerprint density at radius 1 is 0.950 bits per heavy atom. The van der Waals surface area contributed by atoms with E-state index in [9.17, 15) is 0 Å². The van der Waals surface area contributed by atoms with Gasteiger partial charge < -0.3 is 14.1 Å². The summed E-state index contributed by atoms with van der Waals surface area (Å²) in [6.07, 6.45) is 2.00. The van der Waals surface area contributed by atoms with Crippen LogP contribution in [0.4, 0.5) is 0 Å². The summed E-state index contributed by atoms with van der Waals surface area (Å²) in [7, 11) is 4.14. The average Bonchev–Trinajstić information content (AvgIpc) is 2.44. The maximum Gasteiger partial charge on any atom is 0.276 e. The average molecular weight is 278 g/mol. The topological polar surface area (TPSA) is 27.7 Å². The van der Waals surface area contributed by atoms with E-state index in [-0.39, 0.29) is 11.2 Å². The van der Waals surface area contributed by atoms with Gasteiger partial charge in [0.1, 0.15) is 5.75 Å². The minimum absolute atomic E-state index is 0.298. The van der Waals surface area contributed by atoms with E-state index in [1.165, 1.54) is 5.56 Å². The van der Waals surface area contributed by atoms with Crippen molar-refractivity contribution in [3.63, 3.8) is 0 Å². The largest absolute Gasteiger partial charge is 0.497 e. The SMILES string of the molecule is COc1ccc(CCBOC(C)(C)C(C)(C)OC)cc1. The minimum Gasteiger partial charge on any atom is -0.497 e. The summed E-state index contributed by atoms with van der Waals surface area (Å²) in [4.78, 5) is 0. The third kappa shape index (κ3) is 4.53. The van der Waals surface area contributed by atoms with Crippen LogP contribution in [-0.4, -0.2) is 32.9 Å². The molecule has 0 aromatic heterocycles. The van der Waals surface area contributed by atoms with Gasteiger partial charge in [0.25, 0.3) is 7.48 Å². The first-order valence-electron chi connectivity index (χ1n) is 7.14. The van der Waals surface area contributed by atoms with Gasteiger partial charge in [-0.3, -0.25) is 0 Å². The van der Waals surface area contributed by atoms with Crippen molar-refractivity contribution in [1.29, 1.82) is 0 Å². The van der Waals surface area contributed by atoms with Gasteiger partial charge in [-0.1, -0.05) is 12.1 Å². The Morgan fingerprint density at radius 2 is 1.55 bits per heavy atom. The van der Waals surface area contributed by atoms with Crippen LogP contribution < -0.4 is 4.74 Å². The molecule has 3 nitrogen and oxygen atoms in total. The fourth-order valence-corrected chi connectivity index (χ4v) is 1.82. The predicted octanol–water partition coefficient (Wildman–Crippen LogP) is 3.23. The van der Waals surface area contributed by atoms with Crippen molar-refractivity contribution in [2.24, 2.45) is 0 Å². The van der Waals surface area contributed by atoms with Crippen LogP contribution in [0.5, 0.6) is 5.75 Å². The summed E-state index contributed by atoms with van der Waals surface area (Å²) in [6, 6.07) is 8.19. The van der Waals surface area contributed by atoms with E-state index < -0.39 is 0 Å². The standard InChI is InChI=1S/C16H27BO3/c1-15(2,19-6)16(3,4)20-17-12-11-13-7-9-14(18-5)10-8-13/h7-10,17H,11-12H2,1-6H3. The van der Waals surface area contributed by atoms with Crippen molar-refractivity contribution >= 4 is 7.48 Å². The van der Waals surface area contributed by atoms with Gasteiger partial charge in [-0.15, -0.1) is 0 Å². The number of methoxy groups -OCH3 is 2. The van der Waals surface area contributed by atoms with Crippen molar-refractivity contribution < 1.29 is 14.1 Å². The molecule has 0 spiro atoms. The number of benzene rings is 1. The molecule has 0 N–H and O–H groups in total. The third-order valence-electron chi connectivity index (χ3n) is 4.19. The zero-order valence-corrected chi connectivity index (χ0v) is 13.7. The smallest absolute Gasteiger partial charge is 0.276 e. The van der Waals surface area contributed by atoms with E-state index in [1.807, 2.05) is 12.1 Å². The molecule has 0 atom stereocenters. The molecule has 112 valence electrons. The second-order valence-electron chi connectivity index (χ2n) is 6.02. The van der Waals surface area contributed by atoms with Crippen molar-refractivity contribution in [1.82, 2.24) is 0 Å².